The van der Waals surface area contributed by atoms with E-state index in [1.807, 2.05) is 0 Å². The lowest BCUT2D eigenvalue weighted by Crippen LogP contribution is -2.45. The standard InChI is InChI=1S/C16H37N3O24P8/c20-44(21,22)13(45(23,24)25)18(14(46(26,27)28)47(29,30)31)10-4-8-17(12-6-2-1-3-7-12)9-5-11-19(15(48(32,33)34)49(35,36)37)16(50(38,39)40)51(41,42)43/h1-3,6-7,13-16H,4-5,8-11H2,(H2,20,21,22)(H2,23,24,25)(H2,26,27,28)(H2,29,30,31)(H2,32,33,34)(H2,35,36,37)(H2,38,39,40)(H2,41,42,43). The molecule has 0 radical (unpaired) electrons. The minimum Gasteiger partial charge on any atom is -0.371 e. The van der Waals surface area contributed by atoms with Crippen LogP contribution in [0.4, 0.5) is 5.69 Å². The van der Waals surface area contributed by atoms with E-state index in [-0.39, 0.29) is 5.69 Å². The lowest BCUT2D eigenvalue weighted by molar-refractivity contribution is 0.198. The Kier molecular flexibility index (Phi) is 16.9. The van der Waals surface area contributed by atoms with Gasteiger partial charge in [-0.15, -0.1) is 0 Å². The van der Waals surface area contributed by atoms with E-state index in [0.717, 1.165) is 4.90 Å². The molecule has 1 aromatic carbocycles. The van der Waals surface area contributed by atoms with Gasteiger partial charge in [0.25, 0.3) is 0 Å². The molecule has 35 heteroatoms. The molecule has 1 aromatic rings. The van der Waals surface area contributed by atoms with Crippen LogP contribution >= 0.6 is 60.8 Å². The van der Waals surface area contributed by atoms with E-state index in [2.05, 4.69) is 0 Å². The Morgan fingerprint density at radius 2 is 0.588 bits per heavy atom. The van der Waals surface area contributed by atoms with Crippen molar-refractivity contribution >= 4 is 66.5 Å². The molecule has 0 amide bonds. The van der Waals surface area contributed by atoms with Crippen molar-refractivity contribution in [3.05, 3.63) is 30.3 Å². The largest absolute Gasteiger partial charge is 0.371 e. The summed E-state index contributed by atoms with van der Waals surface area (Å²) in [6.45, 7) is -3.70. The van der Waals surface area contributed by atoms with Crippen LogP contribution < -0.4 is 4.90 Å². The minimum absolute atomic E-state index is 0.127. The number of hydrogen-bond donors (Lipinski definition) is 16. The number of nitrogens with zero attached hydrogens (tertiary/aromatic N) is 3. The SMILES string of the molecule is O=P(O)(O)C(N(CCCN(CCCN(C(P(=O)(O)O)P(=O)(O)O)C(P(=O)(O)O)P(=O)(O)O)c1ccccc1)C(P(=O)(O)O)P(=O)(O)O)P(=O)(O)O. The van der Waals surface area contributed by atoms with Crippen molar-refractivity contribution in [1.82, 2.24) is 9.80 Å². The van der Waals surface area contributed by atoms with Gasteiger partial charge in [-0.3, -0.25) is 46.3 Å². The van der Waals surface area contributed by atoms with Crippen LogP contribution in [0.2, 0.25) is 0 Å². The second-order valence-electron chi connectivity index (χ2n) is 10.6. The van der Waals surface area contributed by atoms with Crippen molar-refractivity contribution in [2.45, 2.75) is 34.9 Å². The van der Waals surface area contributed by atoms with E-state index in [0.29, 0.717) is 0 Å². The highest BCUT2D eigenvalue weighted by atomic mass is 31.3. The first-order valence-electron chi connectivity index (χ1n) is 13.2. The zero-order valence-electron chi connectivity index (χ0n) is 25.3. The lowest BCUT2D eigenvalue weighted by Gasteiger charge is -2.39. The summed E-state index contributed by atoms with van der Waals surface area (Å²) in [6.07, 6.45) is -1.46. The maximum Gasteiger partial charge on any atom is 0.355 e. The number of anilines is 1. The second kappa shape index (κ2) is 17.5. The molecule has 0 aromatic heterocycles. The number of para-hydroxylation sites is 1. The molecular formula is C16H37N3O24P8. The van der Waals surface area contributed by atoms with Crippen molar-refractivity contribution in [2.24, 2.45) is 0 Å². The highest BCUT2D eigenvalue weighted by Crippen LogP contribution is 2.70. The van der Waals surface area contributed by atoms with Gasteiger partial charge in [-0.2, -0.15) is 0 Å². The van der Waals surface area contributed by atoms with Gasteiger partial charge in [0.05, 0.1) is 0 Å². The fraction of sp³-hybridized carbons (Fsp3) is 0.625. The maximum atomic E-state index is 12.1. The van der Waals surface area contributed by atoms with Gasteiger partial charge < -0.3 is 83.2 Å². The second-order valence-corrected chi connectivity index (χ2v) is 25.6. The summed E-state index contributed by atoms with van der Waals surface area (Å²) >= 11 is 0. The van der Waals surface area contributed by atoms with E-state index in [4.69, 9.17) is 0 Å². The smallest absolute Gasteiger partial charge is 0.355 e. The Morgan fingerprint density at radius 1 is 0.373 bits per heavy atom. The van der Waals surface area contributed by atoms with Gasteiger partial charge in [-0.05, 0) is 25.0 Å². The maximum absolute atomic E-state index is 12.1. The van der Waals surface area contributed by atoms with Gasteiger partial charge in [0.15, 0.2) is 0 Å². The van der Waals surface area contributed by atoms with Crippen LogP contribution in [0, 0.1) is 0 Å². The molecule has 300 valence electrons. The molecule has 0 bridgehead atoms. The summed E-state index contributed by atoms with van der Waals surface area (Å²) in [4.78, 5) is 155. The highest BCUT2D eigenvalue weighted by molar-refractivity contribution is 7.73. The van der Waals surface area contributed by atoms with Gasteiger partial charge in [-0.25, -0.2) is 0 Å². The summed E-state index contributed by atoms with van der Waals surface area (Å²) in [5, 5.41) is 0. The topological polar surface area (TPSA) is 470 Å². The summed E-state index contributed by atoms with van der Waals surface area (Å²) in [6, 6.07) is 6.92. The van der Waals surface area contributed by atoms with E-state index in [1.165, 1.54) is 30.3 Å². The van der Waals surface area contributed by atoms with Crippen molar-refractivity contribution in [2.75, 3.05) is 31.1 Å². The van der Waals surface area contributed by atoms with Crippen LogP contribution in [0.5, 0.6) is 0 Å². The fourth-order valence-electron chi connectivity index (χ4n) is 4.93. The van der Waals surface area contributed by atoms with E-state index in [1.54, 1.807) is 0 Å². The van der Waals surface area contributed by atoms with Gasteiger partial charge >= 0.3 is 60.8 Å². The van der Waals surface area contributed by atoms with Crippen LogP contribution in [0.3, 0.4) is 0 Å². The molecule has 0 aliphatic rings. The Balaban J connectivity index is 3.68. The Labute approximate surface area is 287 Å². The van der Waals surface area contributed by atoms with Gasteiger partial charge in [-0.1, -0.05) is 18.2 Å². The van der Waals surface area contributed by atoms with E-state index < -0.39 is 132 Å². The summed E-state index contributed by atoms with van der Waals surface area (Å²) in [5.74, 6) is 0. The van der Waals surface area contributed by atoms with Crippen LogP contribution in [0.25, 0.3) is 0 Å². The van der Waals surface area contributed by atoms with Crippen LogP contribution in [0.15, 0.2) is 30.3 Å². The molecule has 0 atom stereocenters. The average Bonchev–Trinajstić information content (AvgIpc) is 2.81. The van der Waals surface area contributed by atoms with Crippen LogP contribution in [-0.4, -0.2) is 136 Å². The molecule has 27 nitrogen and oxygen atoms in total. The summed E-state index contributed by atoms with van der Waals surface area (Å²) in [5.41, 5.74) is -13.9. The third-order valence-electron chi connectivity index (χ3n) is 6.40. The van der Waals surface area contributed by atoms with Crippen molar-refractivity contribution in [3.63, 3.8) is 0 Å². The first kappa shape index (κ1) is 49.2. The van der Waals surface area contributed by atoms with Crippen molar-refractivity contribution < 1.29 is 115 Å². The Morgan fingerprint density at radius 3 is 0.784 bits per heavy atom. The highest BCUT2D eigenvalue weighted by Gasteiger charge is 2.59. The third-order valence-corrected chi connectivity index (χ3v) is 20.8. The molecule has 16 N–H and O–H groups in total. The lowest BCUT2D eigenvalue weighted by atomic mass is 10.2. The van der Waals surface area contributed by atoms with Crippen LogP contribution in [-0.2, 0) is 36.5 Å². The molecular weight excluding hydrogens is 866 g/mol. The molecule has 1 rings (SSSR count). The minimum atomic E-state index is -6.17. The molecule has 0 fully saturated rings. The summed E-state index contributed by atoms with van der Waals surface area (Å²) in [7, 11) is -49.4. The predicted octanol–water partition coefficient (Wildman–Crippen LogP) is -1.57. The third kappa shape index (κ3) is 15.0. The molecule has 0 spiro atoms. The molecule has 0 unspecified atom stereocenters. The normalized spacial score (nSPS) is 14.9. The van der Waals surface area contributed by atoms with Gasteiger partial charge in [0.2, 0.25) is 22.1 Å². The zero-order chi connectivity index (χ0) is 40.4. The number of rotatable bonds is 21. The molecule has 0 saturated heterocycles. The number of hydrogen-bond acceptors (Lipinski definition) is 11. The number of benzene rings is 1. The monoisotopic (exact) mass is 903 g/mol. The molecule has 0 aliphatic heterocycles. The van der Waals surface area contributed by atoms with Crippen molar-refractivity contribution in [1.29, 1.82) is 0 Å². The molecule has 0 heterocycles. The quantitative estimate of drug-likeness (QED) is 0.0620. The summed E-state index contributed by atoms with van der Waals surface area (Å²) < 4.78 is 96.9. The van der Waals surface area contributed by atoms with Crippen LogP contribution in [0.1, 0.15) is 12.8 Å². The predicted molar refractivity (Wildman–Crippen MR) is 173 cm³/mol. The van der Waals surface area contributed by atoms with E-state index in [9.17, 15) is 115 Å². The van der Waals surface area contributed by atoms with Gasteiger partial charge in [0, 0.05) is 31.9 Å². The molecule has 0 aliphatic carbocycles. The Bertz CT molecular complexity index is 1430. The van der Waals surface area contributed by atoms with Gasteiger partial charge in [0.1, 0.15) is 0 Å². The fourth-order valence-corrected chi connectivity index (χ4v) is 17.1. The Hall–Kier alpha value is 0.140. The van der Waals surface area contributed by atoms with Crippen molar-refractivity contribution in [3.8, 4) is 0 Å². The molecule has 51 heavy (non-hydrogen) atoms. The first-order chi connectivity index (χ1) is 22.4. The van der Waals surface area contributed by atoms with E-state index >= 15 is 0 Å². The molecule has 0 saturated carbocycles. The average molecular weight is 903 g/mol. The first-order valence-corrected chi connectivity index (χ1v) is 26.6. The zero-order valence-corrected chi connectivity index (χ0v) is 32.4.